The molecule has 0 fully saturated rings. The fourth-order valence-corrected chi connectivity index (χ4v) is 3.08. The zero-order chi connectivity index (χ0) is 13.2. The number of nitrogens with one attached hydrogen (secondary N) is 1. The van der Waals surface area contributed by atoms with E-state index in [1.54, 1.807) is 18.0 Å². The van der Waals surface area contributed by atoms with Gasteiger partial charge in [-0.05, 0) is 39.7 Å². The Labute approximate surface area is 131 Å². The summed E-state index contributed by atoms with van der Waals surface area (Å²) in [5.41, 5.74) is 2.97. The third-order valence-electron chi connectivity index (χ3n) is 2.57. The molecule has 2 heterocycles. The summed E-state index contributed by atoms with van der Waals surface area (Å²) in [7, 11) is 0. The van der Waals surface area contributed by atoms with E-state index in [-0.39, 0.29) is 0 Å². The number of pyridine rings is 1. The Morgan fingerprint density at radius 2 is 1.89 bits per heavy atom. The van der Waals surface area contributed by atoms with Crippen molar-refractivity contribution in [2.75, 3.05) is 0 Å². The second-order valence-electron chi connectivity index (χ2n) is 3.98. The number of hydrogen-bond acceptors (Lipinski definition) is 3. The van der Waals surface area contributed by atoms with E-state index in [1.165, 1.54) is 5.56 Å². The second kappa shape index (κ2) is 5.64. The number of fused-ring (bicyclic) bond motifs is 1. The van der Waals surface area contributed by atoms with E-state index in [2.05, 4.69) is 58.9 Å². The van der Waals surface area contributed by atoms with Crippen molar-refractivity contribution in [3.05, 3.63) is 51.0 Å². The molecule has 19 heavy (non-hydrogen) atoms. The van der Waals surface area contributed by atoms with Crippen LogP contribution in [0.15, 0.2) is 50.6 Å². The summed E-state index contributed by atoms with van der Waals surface area (Å²) in [5.74, 6) is 0.883. The van der Waals surface area contributed by atoms with E-state index < -0.39 is 0 Å². The van der Waals surface area contributed by atoms with Crippen molar-refractivity contribution in [2.24, 2.45) is 0 Å². The highest BCUT2D eigenvalue weighted by molar-refractivity contribution is 9.10. The molecule has 1 aromatic carbocycles. The van der Waals surface area contributed by atoms with Crippen molar-refractivity contribution in [3.8, 4) is 0 Å². The number of benzene rings is 1. The van der Waals surface area contributed by atoms with Gasteiger partial charge in [-0.2, -0.15) is 0 Å². The molecule has 1 N–H and O–H groups in total. The first-order valence-corrected chi connectivity index (χ1v) is 8.16. The molecule has 0 aliphatic carbocycles. The predicted molar refractivity (Wildman–Crippen MR) is 85.3 cm³/mol. The van der Waals surface area contributed by atoms with Crippen molar-refractivity contribution in [1.82, 2.24) is 15.0 Å². The zero-order valence-corrected chi connectivity index (χ0v) is 13.7. The van der Waals surface area contributed by atoms with Crippen molar-refractivity contribution >= 4 is 54.8 Å². The molecule has 0 atom stereocenters. The van der Waals surface area contributed by atoms with Gasteiger partial charge in [-0.1, -0.05) is 39.8 Å². The van der Waals surface area contributed by atoms with E-state index >= 15 is 0 Å². The SMILES string of the molecule is Brc1ccc(CSc2nc3ncc(Br)cc3[nH]2)cc1. The van der Waals surface area contributed by atoms with Gasteiger partial charge in [-0.3, -0.25) is 0 Å². The van der Waals surface area contributed by atoms with Crippen LogP contribution in [-0.2, 0) is 5.75 Å². The Bertz CT molecular complexity index is 709. The average molecular weight is 399 g/mol. The van der Waals surface area contributed by atoms with Gasteiger partial charge in [0.1, 0.15) is 0 Å². The third kappa shape index (κ3) is 3.19. The summed E-state index contributed by atoms with van der Waals surface area (Å²) in [6.07, 6.45) is 1.76. The lowest BCUT2D eigenvalue weighted by Crippen LogP contribution is -1.81. The van der Waals surface area contributed by atoms with Gasteiger partial charge in [-0.25, -0.2) is 9.97 Å². The first-order valence-electron chi connectivity index (χ1n) is 5.59. The molecule has 0 saturated heterocycles. The van der Waals surface area contributed by atoms with E-state index in [9.17, 15) is 0 Å². The Hall–Kier alpha value is -0.850. The number of rotatable bonds is 3. The number of aromatic amines is 1. The molecule has 0 aliphatic rings. The van der Waals surface area contributed by atoms with Crippen LogP contribution in [0.1, 0.15) is 5.56 Å². The number of hydrogen-bond donors (Lipinski definition) is 1. The Balaban J connectivity index is 1.76. The van der Waals surface area contributed by atoms with Gasteiger partial charge in [0, 0.05) is 20.9 Å². The number of thioether (sulfide) groups is 1. The maximum atomic E-state index is 4.45. The van der Waals surface area contributed by atoms with Gasteiger partial charge in [0.05, 0.1) is 5.52 Å². The molecular formula is C13H9Br2N3S. The van der Waals surface area contributed by atoms with Gasteiger partial charge in [0.25, 0.3) is 0 Å². The molecule has 0 saturated carbocycles. The molecule has 6 heteroatoms. The molecule has 2 aromatic heterocycles. The van der Waals surface area contributed by atoms with Gasteiger partial charge < -0.3 is 4.98 Å². The Morgan fingerprint density at radius 1 is 1.11 bits per heavy atom. The van der Waals surface area contributed by atoms with Crippen molar-refractivity contribution in [2.45, 2.75) is 10.9 Å². The van der Waals surface area contributed by atoms with E-state index in [1.807, 2.05) is 18.2 Å². The normalized spacial score (nSPS) is 11.1. The number of nitrogens with zero attached hydrogens (tertiary/aromatic N) is 2. The van der Waals surface area contributed by atoms with Crippen molar-refractivity contribution < 1.29 is 0 Å². The number of H-pyrrole nitrogens is 1. The van der Waals surface area contributed by atoms with Gasteiger partial charge in [-0.15, -0.1) is 0 Å². The minimum atomic E-state index is 0.751. The highest BCUT2D eigenvalue weighted by Gasteiger charge is 2.05. The van der Waals surface area contributed by atoms with E-state index in [0.29, 0.717) is 0 Å². The third-order valence-corrected chi connectivity index (χ3v) is 4.48. The molecule has 0 aliphatic heterocycles. The van der Waals surface area contributed by atoms with Crippen LogP contribution in [0.5, 0.6) is 0 Å². The van der Waals surface area contributed by atoms with E-state index in [0.717, 1.165) is 31.0 Å². The van der Waals surface area contributed by atoms with Crippen LogP contribution >= 0.6 is 43.6 Å². The monoisotopic (exact) mass is 397 g/mol. The predicted octanol–water partition coefficient (Wildman–Crippen LogP) is 4.78. The van der Waals surface area contributed by atoms with Gasteiger partial charge in [0.2, 0.25) is 0 Å². The summed E-state index contributed by atoms with van der Waals surface area (Å²) < 4.78 is 2.05. The van der Waals surface area contributed by atoms with E-state index in [4.69, 9.17) is 0 Å². The molecule has 3 rings (SSSR count). The highest BCUT2D eigenvalue weighted by atomic mass is 79.9. The molecule has 0 spiro atoms. The summed E-state index contributed by atoms with van der Waals surface area (Å²) in [6.45, 7) is 0. The molecular weight excluding hydrogens is 390 g/mol. The maximum Gasteiger partial charge on any atom is 0.178 e. The van der Waals surface area contributed by atoms with Crippen molar-refractivity contribution in [3.63, 3.8) is 0 Å². The molecule has 0 radical (unpaired) electrons. The first-order chi connectivity index (χ1) is 9.20. The first kappa shape index (κ1) is 13.1. The second-order valence-corrected chi connectivity index (χ2v) is 6.78. The van der Waals surface area contributed by atoms with Crippen LogP contribution in [0, 0.1) is 0 Å². The molecule has 0 unspecified atom stereocenters. The van der Waals surface area contributed by atoms with Crippen LogP contribution in [-0.4, -0.2) is 15.0 Å². The molecule has 0 amide bonds. The minimum Gasteiger partial charge on any atom is -0.331 e. The van der Waals surface area contributed by atoms with Gasteiger partial charge >= 0.3 is 0 Å². The number of halogens is 2. The molecule has 3 nitrogen and oxygen atoms in total. The minimum absolute atomic E-state index is 0.751. The lowest BCUT2D eigenvalue weighted by atomic mass is 10.2. The van der Waals surface area contributed by atoms with Crippen LogP contribution in [0.4, 0.5) is 0 Å². The number of aromatic nitrogens is 3. The van der Waals surface area contributed by atoms with Crippen LogP contribution < -0.4 is 0 Å². The fraction of sp³-hybridized carbons (Fsp3) is 0.0769. The molecule has 96 valence electrons. The standard InChI is InChI=1S/C13H9Br2N3S/c14-9-3-1-8(2-4-9)7-19-13-17-11-5-10(15)6-16-12(11)18-13/h1-6H,7H2,(H,16,17,18). The Kier molecular flexibility index (Phi) is 3.91. The number of imidazole rings is 1. The van der Waals surface area contributed by atoms with Crippen LogP contribution in [0.25, 0.3) is 11.2 Å². The summed E-state index contributed by atoms with van der Waals surface area (Å²) >= 11 is 8.51. The summed E-state index contributed by atoms with van der Waals surface area (Å²) in [5, 5.41) is 0.892. The smallest absolute Gasteiger partial charge is 0.178 e. The fourth-order valence-electron chi connectivity index (χ4n) is 1.65. The Morgan fingerprint density at radius 3 is 2.68 bits per heavy atom. The largest absolute Gasteiger partial charge is 0.331 e. The topological polar surface area (TPSA) is 41.6 Å². The lowest BCUT2D eigenvalue weighted by Gasteiger charge is -1.98. The quantitative estimate of drug-likeness (QED) is 0.645. The highest BCUT2D eigenvalue weighted by Crippen LogP contribution is 2.24. The zero-order valence-electron chi connectivity index (χ0n) is 9.73. The molecule has 3 aromatic rings. The van der Waals surface area contributed by atoms with Crippen LogP contribution in [0.3, 0.4) is 0 Å². The van der Waals surface area contributed by atoms with Crippen molar-refractivity contribution in [1.29, 1.82) is 0 Å². The summed E-state index contributed by atoms with van der Waals surface area (Å²) in [4.78, 5) is 12.0. The lowest BCUT2D eigenvalue weighted by molar-refractivity contribution is 1.07. The average Bonchev–Trinajstić information content (AvgIpc) is 2.80. The summed E-state index contributed by atoms with van der Waals surface area (Å²) in [6, 6.07) is 10.3. The van der Waals surface area contributed by atoms with Gasteiger partial charge in [0.15, 0.2) is 10.8 Å². The molecule has 0 bridgehead atoms. The maximum absolute atomic E-state index is 4.45. The van der Waals surface area contributed by atoms with Crippen LogP contribution in [0.2, 0.25) is 0 Å².